The summed E-state index contributed by atoms with van der Waals surface area (Å²) in [6, 6.07) is 7.54. The summed E-state index contributed by atoms with van der Waals surface area (Å²) in [5.41, 5.74) is 2.43. The first kappa shape index (κ1) is 16.3. The number of benzene rings is 1. The van der Waals surface area contributed by atoms with Gasteiger partial charge in [0.15, 0.2) is 0 Å². The fourth-order valence-corrected chi connectivity index (χ4v) is 3.09. The Hall–Kier alpha value is -2.54. The Kier molecular flexibility index (Phi) is 4.44. The van der Waals surface area contributed by atoms with Crippen LogP contribution in [0.25, 0.3) is 5.69 Å². The van der Waals surface area contributed by atoms with Gasteiger partial charge in [-0.05, 0) is 18.2 Å². The van der Waals surface area contributed by atoms with Crippen molar-refractivity contribution in [3.05, 3.63) is 53.0 Å². The highest BCUT2D eigenvalue weighted by Gasteiger charge is 2.18. The normalized spacial score (nSPS) is 11.5. The molecule has 6 nitrogen and oxygen atoms in total. The van der Waals surface area contributed by atoms with E-state index in [2.05, 4.69) is 41.3 Å². The maximum absolute atomic E-state index is 12.3. The molecule has 0 saturated heterocycles. The van der Waals surface area contributed by atoms with E-state index in [-0.39, 0.29) is 17.7 Å². The molecule has 124 valence electrons. The van der Waals surface area contributed by atoms with E-state index in [1.54, 1.807) is 28.6 Å². The topological polar surface area (TPSA) is 72.7 Å². The van der Waals surface area contributed by atoms with Crippen molar-refractivity contribution in [1.29, 1.82) is 0 Å². The van der Waals surface area contributed by atoms with Crippen molar-refractivity contribution in [2.45, 2.75) is 32.6 Å². The molecule has 1 N–H and O–H groups in total. The van der Waals surface area contributed by atoms with E-state index in [4.69, 9.17) is 0 Å². The summed E-state index contributed by atoms with van der Waals surface area (Å²) >= 11 is 1.60. The minimum absolute atomic E-state index is 0.00651. The lowest BCUT2D eigenvalue weighted by Crippen LogP contribution is -2.15. The van der Waals surface area contributed by atoms with Crippen molar-refractivity contribution in [2.75, 3.05) is 5.32 Å². The molecule has 2 heterocycles. The summed E-state index contributed by atoms with van der Waals surface area (Å²) in [7, 11) is 0. The molecule has 7 heteroatoms. The average Bonchev–Trinajstić information content (AvgIpc) is 3.18. The van der Waals surface area contributed by atoms with Gasteiger partial charge in [-0.3, -0.25) is 9.36 Å². The van der Waals surface area contributed by atoms with Gasteiger partial charge < -0.3 is 5.32 Å². The second-order valence-corrected chi connectivity index (χ2v) is 7.40. The molecule has 0 spiro atoms. The van der Waals surface area contributed by atoms with Gasteiger partial charge in [0, 0.05) is 16.5 Å². The Morgan fingerprint density at radius 2 is 2.00 bits per heavy atom. The van der Waals surface area contributed by atoms with E-state index < -0.39 is 0 Å². The van der Waals surface area contributed by atoms with Crippen molar-refractivity contribution in [3.63, 3.8) is 0 Å². The van der Waals surface area contributed by atoms with Crippen molar-refractivity contribution in [2.24, 2.45) is 0 Å². The number of amides is 1. The Bertz CT molecular complexity index is 833. The number of aromatic nitrogens is 4. The highest BCUT2D eigenvalue weighted by molar-refractivity contribution is 7.09. The first-order valence-electron chi connectivity index (χ1n) is 7.61. The van der Waals surface area contributed by atoms with E-state index >= 15 is 0 Å². The number of nitrogens with one attached hydrogen (secondary N) is 1. The first-order chi connectivity index (χ1) is 11.4. The number of carbonyl (C=O) groups is 1. The summed E-state index contributed by atoms with van der Waals surface area (Å²) in [6.45, 7) is 6.35. The molecule has 1 aromatic carbocycles. The summed E-state index contributed by atoms with van der Waals surface area (Å²) in [4.78, 5) is 16.8. The predicted octanol–water partition coefficient (Wildman–Crippen LogP) is 3.20. The third-order valence-electron chi connectivity index (χ3n) is 3.38. The van der Waals surface area contributed by atoms with E-state index in [9.17, 15) is 4.79 Å². The second-order valence-electron chi connectivity index (χ2n) is 6.54. The lowest BCUT2D eigenvalue weighted by Gasteiger charge is -2.13. The van der Waals surface area contributed by atoms with Gasteiger partial charge in [0.05, 0.1) is 22.8 Å². The highest BCUT2D eigenvalue weighted by atomic mass is 32.1. The molecule has 0 saturated carbocycles. The lowest BCUT2D eigenvalue weighted by molar-refractivity contribution is -0.115. The zero-order valence-corrected chi connectivity index (χ0v) is 14.7. The zero-order valence-electron chi connectivity index (χ0n) is 13.9. The molecule has 0 unspecified atom stereocenters. The van der Waals surface area contributed by atoms with Crippen molar-refractivity contribution in [1.82, 2.24) is 19.7 Å². The Balaban J connectivity index is 1.67. The lowest BCUT2D eigenvalue weighted by atomic mass is 9.98. The van der Waals surface area contributed by atoms with Gasteiger partial charge in [-0.15, -0.1) is 21.5 Å². The van der Waals surface area contributed by atoms with Gasteiger partial charge in [0.1, 0.15) is 12.7 Å². The molecule has 3 rings (SSSR count). The number of hydrogen-bond donors (Lipinski definition) is 1. The number of carbonyl (C=O) groups excluding carboxylic acids is 1. The number of rotatable bonds is 4. The summed E-state index contributed by atoms with van der Waals surface area (Å²) in [5, 5.41) is 13.5. The number of nitrogens with zero attached hydrogens (tertiary/aromatic N) is 4. The molecule has 24 heavy (non-hydrogen) atoms. The van der Waals surface area contributed by atoms with Gasteiger partial charge in [-0.25, -0.2) is 4.98 Å². The van der Waals surface area contributed by atoms with Gasteiger partial charge in [0.2, 0.25) is 5.91 Å². The molecule has 0 atom stereocenters. The molecular weight excluding hydrogens is 322 g/mol. The van der Waals surface area contributed by atoms with Gasteiger partial charge in [0.25, 0.3) is 0 Å². The number of anilines is 1. The van der Waals surface area contributed by atoms with E-state index in [1.807, 2.05) is 29.6 Å². The Labute approximate surface area is 144 Å². The molecule has 2 aromatic heterocycles. The van der Waals surface area contributed by atoms with E-state index in [0.29, 0.717) is 0 Å². The molecule has 0 fully saturated rings. The summed E-state index contributed by atoms with van der Waals surface area (Å²) in [5.74, 6) is -0.0818. The number of thiazole rings is 1. The van der Waals surface area contributed by atoms with Crippen LogP contribution in [0, 0.1) is 0 Å². The van der Waals surface area contributed by atoms with Crippen molar-refractivity contribution < 1.29 is 4.79 Å². The van der Waals surface area contributed by atoms with Crippen molar-refractivity contribution in [3.8, 4) is 5.69 Å². The highest BCUT2D eigenvalue weighted by Crippen LogP contribution is 2.25. The summed E-state index contributed by atoms with van der Waals surface area (Å²) in [6.07, 6.45) is 3.50. The standard InChI is InChI=1S/C17H19N5OS/c1-17(2,3)16-21-13(9-24-16)8-15(23)20-12-5-4-6-14(7-12)22-10-18-19-11-22/h4-7,9-11H,8H2,1-3H3,(H,20,23). The van der Waals surface area contributed by atoms with Crippen LogP contribution in [0.5, 0.6) is 0 Å². The second kappa shape index (κ2) is 6.52. The molecule has 3 aromatic rings. The van der Waals surface area contributed by atoms with Crippen LogP contribution in [-0.2, 0) is 16.6 Å². The third-order valence-corrected chi connectivity index (χ3v) is 4.70. The smallest absolute Gasteiger partial charge is 0.230 e. The number of hydrogen-bond acceptors (Lipinski definition) is 5. The van der Waals surface area contributed by atoms with Crippen LogP contribution >= 0.6 is 11.3 Å². The van der Waals surface area contributed by atoms with Crippen LogP contribution in [-0.4, -0.2) is 25.7 Å². The molecule has 1 amide bonds. The third kappa shape index (κ3) is 3.86. The van der Waals surface area contributed by atoms with Gasteiger partial charge in [-0.1, -0.05) is 26.8 Å². The first-order valence-corrected chi connectivity index (χ1v) is 8.49. The van der Waals surface area contributed by atoms with E-state index in [1.165, 1.54) is 0 Å². The zero-order chi connectivity index (χ0) is 17.2. The van der Waals surface area contributed by atoms with Gasteiger partial charge in [-0.2, -0.15) is 0 Å². The Morgan fingerprint density at radius 3 is 2.67 bits per heavy atom. The van der Waals surface area contributed by atoms with Gasteiger partial charge >= 0.3 is 0 Å². The van der Waals surface area contributed by atoms with E-state index in [0.717, 1.165) is 22.1 Å². The fraction of sp³-hybridized carbons (Fsp3) is 0.294. The molecule has 0 radical (unpaired) electrons. The monoisotopic (exact) mass is 341 g/mol. The Morgan fingerprint density at radius 1 is 1.25 bits per heavy atom. The molecule has 0 aliphatic heterocycles. The quantitative estimate of drug-likeness (QED) is 0.791. The van der Waals surface area contributed by atoms with Crippen LogP contribution in [0.15, 0.2) is 42.3 Å². The van der Waals surface area contributed by atoms with Crippen LogP contribution in [0.4, 0.5) is 5.69 Å². The predicted molar refractivity (Wildman–Crippen MR) is 94.5 cm³/mol. The maximum atomic E-state index is 12.3. The van der Waals surface area contributed by atoms with Crippen molar-refractivity contribution >= 4 is 22.9 Å². The fourth-order valence-electron chi connectivity index (χ4n) is 2.18. The minimum atomic E-state index is -0.0818. The SMILES string of the molecule is CC(C)(C)c1nc(CC(=O)Nc2cccc(-n3cnnc3)c2)cs1. The van der Waals surface area contributed by atoms with Crippen LogP contribution < -0.4 is 5.32 Å². The largest absolute Gasteiger partial charge is 0.326 e. The minimum Gasteiger partial charge on any atom is -0.326 e. The average molecular weight is 341 g/mol. The molecule has 0 aliphatic rings. The maximum Gasteiger partial charge on any atom is 0.230 e. The summed E-state index contributed by atoms with van der Waals surface area (Å²) < 4.78 is 1.78. The van der Waals surface area contributed by atoms with Crippen LogP contribution in [0.3, 0.4) is 0 Å². The molecular formula is C17H19N5OS. The van der Waals surface area contributed by atoms with Crippen LogP contribution in [0.2, 0.25) is 0 Å². The van der Waals surface area contributed by atoms with Crippen LogP contribution in [0.1, 0.15) is 31.5 Å². The molecule has 0 aliphatic carbocycles. The molecule has 0 bridgehead atoms.